The Morgan fingerprint density at radius 3 is 2.33 bits per heavy atom. The molecule has 1 nitrogen and oxygen atoms in total. The molecule has 2 rings (SSSR count). The molecule has 1 atom stereocenters. The van der Waals surface area contributed by atoms with Gasteiger partial charge in [0.2, 0.25) is 0 Å². The highest BCUT2D eigenvalue weighted by molar-refractivity contribution is 5.14. The van der Waals surface area contributed by atoms with Gasteiger partial charge in [-0.25, -0.2) is 0 Å². The van der Waals surface area contributed by atoms with E-state index in [0.717, 1.165) is 18.8 Å². The van der Waals surface area contributed by atoms with Crippen LogP contribution in [0.1, 0.15) is 56.9 Å². The molecule has 0 saturated heterocycles. The molecule has 0 aliphatic heterocycles. The van der Waals surface area contributed by atoms with E-state index >= 15 is 0 Å². The van der Waals surface area contributed by atoms with Crippen LogP contribution < -0.4 is 5.73 Å². The Labute approximate surface area is 112 Å². The predicted molar refractivity (Wildman–Crippen MR) is 78.5 cm³/mol. The zero-order valence-corrected chi connectivity index (χ0v) is 11.5. The first-order valence-corrected chi connectivity index (χ1v) is 7.64. The summed E-state index contributed by atoms with van der Waals surface area (Å²) in [6, 6.07) is 11.1. The van der Waals surface area contributed by atoms with Crippen molar-refractivity contribution in [3.63, 3.8) is 0 Å². The van der Waals surface area contributed by atoms with Gasteiger partial charge in [0.25, 0.3) is 0 Å². The van der Waals surface area contributed by atoms with Crippen LogP contribution in [0.2, 0.25) is 0 Å². The molecule has 1 unspecified atom stereocenters. The van der Waals surface area contributed by atoms with Gasteiger partial charge in [0.05, 0.1) is 0 Å². The lowest BCUT2D eigenvalue weighted by Crippen LogP contribution is -2.24. The van der Waals surface area contributed by atoms with Crippen molar-refractivity contribution in [3.8, 4) is 0 Å². The molecule has 1 heteroatoms. The van der Waals surface area contributed by atoms with Crippen molar-refractivity contribution in [2.75, 3.05) is 0 Å². The third kappa shape index (κ3) is 4.81. The van der Waals surface area contributed by atoms with E-state index in [2.05, 4.69) is 30.3 Å². The summed E-state index contributed by atoms with van der Waals surface area (Å²) in [5.74, 6) is 0.901. The van der Waals surface area contributed by atoms with Gasteiger partial charge in [0.1, 0.15) is 0 Å². The lowest BCUT2D eigenvalue weighted by molar-refractivity contribution is 0.378. The van der Waals surface area contributed by atoms with Gasteiger partial charge in [-0.15, -0.1) is 0 Å². The van der Waals surface area contributed by atoms with E-state index < -0.39 is 0 Å². The van der Waals surface area contributed by atoms with Crippen LogP contribution in [-0.4, -0.2) is 6.04 Å². The third-order valence-electron chi connectivity index (χ3n) is 4.26. The van der Waals surface area contributed by atoms with Crippen LogP contribution in [0.5, 0.6) is 0 Å². The Hall–Kier alpha value is -0.820. The largest absolute Gasteiger partial charge is 0.328 e. The van der Waals surface area contributed by atoms with E-state index in [1.807, 2.05) is 0 Å². The predicted octanol–water partition coefficient (Wildman–Crippen LogP) is 4.31. The fourth-order valence-electron chi connectivity index (χ4n) is 3.14. The first kappa shape index (κ1) is 13.6. The van der Waals surface area contributed by atoms with E-state index in [1.165, 1.54) is 50.5 Å². The number of nitrogens with two attached hydrogens (primary N) is 1. The maximum atomic E-state index is 6.30. The maximum absolute atomic E-state index is 6.30. The molecule has 1 aromatic carbocycles. The van der Waals surface area contributed by atoms with Gasteiger partial charge in [0.15, 0.2) is 0 Å². The van der Waals surface area contributed by atoms with Crippen LogP contribution in [0, 0.1) is 5.92 Å². The molecule has 18 heavy (non-hydrogen) atoms. The van der Waals surface area contributed by atoms with Crippen LogP contribution in [0.4, 0.5) is 0 Å². The molecule has 1 aromatic rings. The SMILES string of the molecule is NC(CCc1ccccc1)CC1CCCCCC1. The van der Waals surface area contributed by atoms with Crippen LogP contribution in [0.25, 0.3) is 0 Å². The van der Waals surface area contributed by atoms with Crippen molar-refractivity contribution in [2.24, 2.45) is 11.7 Å². The molecule has 0 spiro atoms. The summed E-state index contributed by atoms with van der Waals surface area (Å²) in [5.41, 5.74) is 7.73. The minimum absolute atomic E-state index is 0.397. The fourth-order valence-corrected chi connectivity index (χ4v) is 3.14. The highest BCUT2D eigenvalue weighted by Crippen LogP contribution is 2.26. The smallest absolute Gasteiger partial charge is 0.00446 e. The molecule has 0 bridgehead atoms. The van der Waals surface area contributed by atoms with Gasteiger partial charge in [-0.3, -0.25) is 0 Å². The fraction of sp³-hybridized carbons (Fsp3) is 0.647. The Bertz CT molecular complexity index is 312. The van der Waals surface area contributed by atoms with Crippen molar-refractivity contribution in [3.05, 3.63) is 35.9 Å². The summed E-state index contributed by atoms with van der Waals surface area (Å²) >= 11 is 0. The number of rotatable bonds is 5. The van der Waals surface area contributed by atoms with Crippen molar-refractivity contribution >= 4 is 0 Å². The Kier molecular flexibility index (Phi) is 5.73. The molecule has 1 fully saturated rings. The molecule has 0 heterocycles. The molecular formula is C17H27N. The summed E-state index contributed by atoms with van der Waals surface area (Å²) in [4.78, 5) is 0. The summed E-state index contributed by atoms with van der Waals surface area (Å²) in [5, 5.41) is 0. The summed E-state index contributed by atoms with van der Waals surface area (Å²) in [7, 11) is 0. The zero-order chi connectivity index (χ0) is 12.6. The standard InChI is InChI=1S/C17H27N/c18-17(13-12-15-8-6-3-7-9-15)14-16-10-4-1-2-5-11-16/h3,6-9,16-17H,1-2,4-5,10-14,18H2. The highest BCUT2D eigenvalue weighted by atomic mass is 14.6. The van der Waals surface area contributed by atoms with Gasteiger partial charge >= 0.3 is 0 Å². The van der Waals surface area contributed by atoms with Crippen LogP contribution in [0.15, 0.2) is 30.3 Å². The van der Waals surface area contributed by atoms with Crippen molar-refractivity contribution in [1.82, 2.24) is 0 Å². The quantitative estimate of drug-likeness (QED) is 0.769. The highest BCUT2D eigenvalue weighted by Gasteiger charge is 2.15. The maximum Gasteiger partial charge on any atom is 0.00446 e. The van der Waals surface area contributed by atoms with Crippen molar-refractivity contribution < 1.29 is 0 Å². The lowest BCUT2D eigenvalue weighted by atomic mass is 9.90. The first-order chi connectivity index (χ1) is 8.84. The first-order valence-electron chi connectivity index (χ1n) is 7.64. The third-order valence-corrected chi connectivity index (χ3v) is 4.26. The van der Waals surface area contributed by atoms with Crippen LogP contribution in [-0.2, 0) is 6.42 Å². The molecule has 1 aliphatic carbocycles. The number of aryl methyl sites for hydroxylation is 1. The number of hydrogen-bond acceptors (Lipinski definition) is 1. The zero-order valence-electron chi connectivity index (χ0n) is 11.5. The van der Waals surface area contributed by atoms with Gasteiger partial charge in [-0.2, -0.15) is 0 Å². The van der Waals surface area contributed by atoms with Gasteiger partial charge in [-0.1, -0.05) is 68.9 Å². The second-order valence-corrected chi connectivity index (χ2v) is 5.88. The van der Waals surface area contributed by atoms with Crippen LogP contribution >= 0.6 is 0 Å². The minimum Gasteiger partial charge on any atom is -0.328 e. The monoisotopic (exact) mass is 245 g/mol. The molecule has 0 amide bonds. The second kappa shape index (κ2) is 7.58. The normalized spacial score (nSPS) is 19.4. The van der Waals surface area contributed by atoms with Crippen LogP contribution in [0.3, 0.4) is 0 Å². The average molecular weight is 245 g/mol. The summed E-state index contributed by atoms with van der Waals surface area (Å²) < 4.78 is 0. The molecule has 100 valence electrons. The lowest BCUT2D eigenvalue weighted by Gasteiger charge is -2.19. The van der Waals surface area contributed by atoms with Crippen molar-refractivity contribution in [1.29, 1.82) is 0 Å². The van der Waals surface area contributed by atoms with Crippen molar-refractivity contribution in [2.45, 2.75) is 63.8 Å². The van der Waals surface area contributed by atoms with Gasteiger partial charge < -0.3 is 5.73 Å². The molecule has 1 aliphatic rings. The van der Waals surface area contributed by atoms with E-state index in [9.17, 15) is 0 Å². The molecule has 2 N–H and O–H groups in total. The van der Waals surface area contributed by atoms with E-state index in [-0.39, 0.29) is 0 Å². The Morgan fingerprint density at radius 2 is 1.67 bits per heavy atom. The molecular weight excluding hydrogens is 218 g/mol. The van der Waals surface area contributed by atoms with Gasteiger partial charge in [0, 0.05) is 6.04 Å². The number of benzene rings is 1. The van der Waals surface area contributed by atoms with E-state index in [0.29, 0.717) is 6.04 Å². The van der Waals surface area contributed by atoms with E-state index in [4.69, 9.17) is 5.73 Å². The Balaban J connectivity index is 1.69. The molecule has 0 radical (unpaired) electrons. The summed E-state index contributed by atoms with van der Waals surface area (Å²) in [6.45, 7) is 0. The number of hydrogen-bond donors (Lipinski definition) is 1. The van der Waals surface area contributed by atoms with Gasteiger partial charge in [-0.05, 0) is 30.7 Å². The van der Waals surface area contributed by atoms with E-state index in [1.54, 1.807) is 0 Å². The summed E-state index contributed by atoms with van der Waals surface area (Å²) in [6.07, 6.45) is 12.1. The molecule has 0 aromatic heterocycles. The average Bonchev–Trinajstić information content (AvgIpc) is 2.66. The Morgan fingerprint density at radius 1 is 1.00 bits per heavy atom. The molecule has 1 saturated carbocycles. The minimum atomic E-state index is 0.397. The second-order valence-electron chi connectivity index (χ2n) is 5.88. The topological polar surface area (TPSA) is 26.0 Å².